The lowest BCUT2D eigenvalue weighted by molar-refractivity contribution is 0.00187. The first-order chi connectivity index (χ1) is 16.0. The molecule has 1 unspecified atom stereocenters. The van der Waals surface area contributed by atoms with E-state index >= 15 is 0 Å². The lowest BCUT2D eigenvalue weighted by Crippen LogP contribution is -2.50. The second kappa shape index (κ2) is 11.7. The van der Waals surface area contributed by atoms with Crippen molar-refractivity contribution in [3.8, 4) is 0 Å². The number of β-amino-alcohol motifs (C(OH)–C–C–N with tert-alkyl or cyclic N) is 1. The van der Waals surface area contributed by atoms with Crippen molar-refractivity contribution >= 4 is 5.91 Å². The minimum Gasteiger partial charge on any atom is -0.447 e. The van der Waals surface area contributed by atoms with E-state index < -0.39 is 0 Å². The number of benzene rings is 1. The summed E-state index contributed by atoms with van der Waals surface area (Å²) in [4.78, 5) is 23.4. The van der Waals surface area contributed by atoms with Gasteiger partial charge in [-0.15, -0.1) is 0 Å². The third-order valence-corrected chi connectivity index (χ3v) is 6.02. The van der Waals surface area contributed by atoms with Crippen LogP contribution in [-0.4, -0.2) is 102 Å². The number of morpholine rings is 1. The molecule has 1 amide bonds. The second-order valence-electron chi connectivity index (χ2n) is 8.58. The monoisotopic (exact) mass is 461 g/mol. The van der Waals surface area contributed by atoms with Gasteiger partial charge in [-0.05, 0) is 17.7 Å². The van der Waals surface area contributed by atoms with Gasteiger partial charge in [-0.2, -0.15) is 0 Å². The average Bonchev–Trinajstić information content (AvgIpc) is 3.29. The first-order valence-electron chi connectivity index (χ1n) is 11.4. The zero-order valence-electron chi connectivity index (χ0n) is 18.8. The highest BCUT2D eigenvalue weighted by atomic mass is 19.1. The summed E-state index contributed by atoms with van der Waals surface area (Å²) in [6.07, 6.45) is 1.01. The van der Waals surface area contributed by atoms with Crippen LogP contribution in [0.2, 0.25) is 0 Å². The molecule has 2 saturated heterocycles. The maximum atomic E-state index is 13.0. The number of nitrogens with zero attached hydrogens (tertiary/aromatic N) is 4. The van der Waals surface area contributed by atoms with Crippen LogP contribution in [0.1, 0.15) is 21.9 Å². The van der Waals surface area contributed by atoms with Crippen LogP contribution in [0.4, 0.5) is 4.39 Å². The van der Waals surface area contributed by atoms with Crippen LogP contribution in [0, 0.1) is 5.82 Å². The summed E-state index contributed by atoms with van der Waals surface area (Å²) in [6, 6.07) is 5.98. The van der Waals surface area contributed by atoms with Crippen molar-refractivity contribution in [2.45, 2.75) is 19.2 Å². The molecule has 0 spiro atoms. The summed E-state index contributed by atoms with van der Waals surface area (Å²) in [5.74, 6) is -0.132. The Hall–Kier alpha value is -2.37. The van der Waals surface area contributed by atoms with E-state index in [0.717, 1.165) is 58.0 Å². The van der Waals surface area contributed by atoms with Crippen molar-refractivity contribution in [3.63, 3.8) is 0 Å². The van der Waals surface area contributed by atoms with Crippen LogP contribution < -0.4 is 5.32 Å². The predicted molar refractivity (Wildman–Crippen MR) is 119 cm³/mol. The molecule has 3 heterocycles. The number of halogens is 1. The van der Waals surface area contributed by atoms with E-state index in [9.17, 15) is 14.3 Å². The number of carbonyl (C=O) groups is 1. The summed E-state index contributed by atoms with van der Waals surface area (Å²) in [6.45, 7) is 8.86. The number of hydrogen-bond acceptors (Lipinski definition) is 8. The van der Waals surface area contributed by atoms with E-state index in [1.807, 2.05) is 0 Å². The van der Waals surface area contributed by atoms with Gasteiger partial charge in [0, 0.05) is 58.9 Å². The normalized spacial score (nSPS) is 19.5. The molecule has 2 aliphatic heterocycles. The van der Waals surface area contributed by atoms with E-state index in [1.54, 1.807) is 12.1 Å². The van der Waals surface area contributed by atoms with Gasteiger partial charge in [0.1, 0.15) is 12.1 Å². The number of aliphatic hydroxyl groups is 1. The summed E-state index contributed by atoms with van der Waals surface area (Å²) in [5, 5.41) is 13.2. The van der Waals surface area contributed by atoms with Gasteiger partial charge in [-0.25, -0.2) is 9.37 Å². The number of carbonyl (C=O) groups excluding carboxylic acids is 1. The maximum absolute atomic E-state index is 13.0. The van der Waals surface area contributed by atoms with E-state index in [1.165, 1.54) is 18.4 Å². The Morgan fingerprint density at radius 2 is 1.67 bits per heavy atom. The highest BCUT2D eigenvalue weighted by molar-refractivity contribution is 5.91. The van der Waals surface area contributed by atoms with Crippen LogP contribution >= 0.6 is 0 Å². The van der Waals surface area contributed by atoms with E-state index in [0.29, 0.717) is 32.1 Å². The number of hydrogen-bond donors (Lipinski definition) is 2. The van der Waals surface area contributed by atoms with Crippen molar-refractivity contribution in [2.75, 3.05) is 65.6 Å². The summed E-state index contributed by atoms with van der Waals surface area (Å²) in [5.41, 5.74) is 1.04. The number of amides is 1. The van der Waals surface area contributed by atoms with Crippen molar-refractivity contribution in [1.82, 2.24) is 25.0 Å². The maximum Gasteiger partial charge on any atom is 0.273 e. The number of aromatic nitrogens is 1. The number of aliphatic hydroxyl groups excluding tert-OH is 1. The average molecular weight is 462 g/mol. The van der Waals surface area contributed by atoms with E-state index in [2.05, 4.69) is 25.0 Å². The first kappa shape index (κ1) is 23.8. The summed E-state index contributed by atoms with van der Waals surface area (Å²) < 4.78 is 23.8. The molecular formula is C23H32FN5O4. The standard InChI is InChI=1S/C23H32FN5O4/c24-19-3-1-18(2-4-19)13-25-23(31)21-17-33-22(26-21)16-28-7-5-27(6-8-28)14-20(30)15-29-9-11-32-12-10-29/h1-4,17,20,30H,5-16H2,(H,25,31). The van der Waals surface area contributed by atoms with Crippen LogP contribution in [0.15, 0.2) is 34.9 Å². The fourth-order valence-corrected chi connectivity index (χ4v) is 4.12. The Morgan fingerprint density at radius 1 is 1.03 bits per heavy atom. The Bertz CT molecular complexity index is 879. The molecule has 2 aromatic rings. The van der Waals surface area contributed by atoms with Crippen LogP contribution in [0.5, 0.6) is 0 Å². The van der Waals surface area contributed by atoms with Gasteiger partial charge < -0.3 is 19.6 Å². The fraction of sp³-hybridized carbons (Fsp3) is 0.565. The molecule has 1 aromatic carbocycles. The number of ether oxygens (including phenoxy) is 1. The number of oxazole rings is 1. The van der Waals surface area contributed by atoms with E-state index in [-0.39, 0.29) is 23.5 Å². The van der Waals surface area contributed by atoms with Crippen molar-refractivity contribution in [2.24, 2.45) is 0 Å². The largest absolute Gasteiger partial charge is 0.447 e. The molecule has 0 aliphatic carbocycles. The van der Waals surface area contributed by atoms with Crippen molar-refractivity contribution in [1.29, 1.82) is 0 Å². The number of piperazine rings is 1. The molecule has 180 valence electrons. The number of rotatable bonds is 9. The molecular weight excluding hydrogens is 429 g/mol. The van der Waals surface area contributed by atoms with E-state index in [4.69, 9.17) is 9.15 Å². The quantitative estimate of drug-likeness (QED) is 0.560. The molecule has 9 nitrogen and oxygen atoms in total. The topological polar surface area (TPSA) is 94.3 Å². The molecule has 10 heteroatoms. The highest BCUT2D eigenvalue weighted by Gasteiger charge is 2.23. The molecule has 2 fully saturated rings. The molecule has 1 atom stereocenters. The van der Waals surface area contributed by atoms with Gasteiger partial charge in [0.15, 0.2) is 5.69 Å². The lowest BCUT2D eigenvalue weighted by atomic mass is 10.2. The molecule has 2 aliphatic rings. The minimum atomic E-state index is -0.364. The fourth-order valence-electron chi connectivity index (χ4n) is 4.12. The molecule has 0 bridgehead atoms. The Morgan fingerprint density at radius 3 is 2.36 bits per heavy atom. The summed E-state index contributed by atoms with van der Waals surface area (Å²) in [7, 11) is 0. The van der Waals surface area contributed by atoms with Crippen LogP contribution in [0.3, 0.4) is 0 Å². The molecule has 0 radical (unpaired) electrons. The molecule has 0 saturated carbocycles. The van der Waals surface area contributed by atoms with Gasteiger partial charge in [0.25, 0.3) is 5.91 Å². The van der Waals surface area contributed by atoms with Crippen molar-refractivity contribution < 1.29 is 23.4 Å². The summed E-state index contributed by atoms with van der Waals surface area (Å²) >= 11 is 0. The van der Waals surface area contributed by atoms with Gasteiger partial charge in [-0.3, -0.25) is 19.5 Å². The third kappa shape index (κ3) is 7.31. The minimum absolute atomic E-state index is 0.233. The van der Waals surface area contributed by atoms with Gasteiger partial charge in [0.2, 0.25) is 5.89 Å². The zero-order chi connectivity index (χ0) is 23.0. The molecule has 2 N–H and O–H groups in total. The zero-order valence-corrected chi connectivity index (χ0v) is 18.8. The SMILES string of the molecule is O=C(NCc1ccc(F)cc1)c1coc(CN2CCN(CC(O)CN3CCOCC3)CC2)n1. The van der Waals surface area contributed by atoms with Crippen molar-refractivity contribution in [3.05, 3.63) is 53.5 Å². The second-order valence-corrected chi connectivity index (χ2v) is 8.58. The Labute approximate surface area is 193 Å². The molecule has 1 aromatic heterocycles. The molecule has 33 heavy (non-hydrogen) atoms. The Balaban J connectivity index is 1.16. The smallest absolute Gasteiger partial charge is 0.273 e. The number of nitrogens with one attached hydrogen (secondary N) is 1. The highest BCUT2D eigenvalue weighted by Crippen LogP contribution is 2.11. The van der Waals surface area contributed by atoms with Gasteiger partial charge in [0.05, 0.1) is 25.9 Å². The first-order valence-corrected chi connectivity index (χ1v) is 11.4. The Kier molecular flexibility index (Phi) is 8.40. The molecule has 4 rings (SSSR count). The lowest BCUT2D eigenvalue weighted by Gasteiger charge is -2.36. The predicted octanol–water partition coefficient (Wildman–Crippen LogP) is 0.554. The third-order valence-electron chi connectivity index (χ3n) is 6.02. The van der Waals surface area contributed by atoms with Crippen LogP contribution in [-0.2, 0) is 17.8 Å². The van der Waals surface area contributed by atoms with Gasteiger partial charge in [-0.1, -0.05) is 12.1 Å². The van der Waals surface area contributed by atoms with Crippen LogP contribution in [0.25, 0.3) is 0 Å². The van der Waals surface area contributed by atoms with Gasteiger partial charge >= 0.3 is 0 Å².